The van der Waals surface area contributed by atoms with E-state index < -0.39 is 11.9 Å². The SMILES string of the molecule is O=C(O)c1cccc(N=Cc2cc(Cl)cc(OC(=O)c3cccnc3)c2)c1. The summed E-state index contributed by atoms with van der Waals surface area (Å²) in [7, 11) is 0. The summed E-state index contributed by atoms with van der Waals surface area (Å²) in [5, 5.41) is 9.39. The van der Waals surface area contributed by atoms with Gasteiger partial charge in [-0.3, -0.25) is 9.98 Å². The van der Waals surface area contributed by atoms with E-state index >= 15 is 0 Å². The highest BCUT2D eigenvalue weighted by Gasteiger charge is 2.09. The first-order valence-electron chi connectivity index (χ1n) is 7.81. The van der Waals surface area contributed by atoms with E-state index in [2.05, 4.69) is 9.98 Å². The van der Waals surface area contributed by atoms with Crippen LogP contribution in [0, 0.1) is 0 Å². The number of rotatable bonds is 5. The van der Waals surface area contributed by atoms with Crippen molar-refractivity contribution in [2.24, 2.45) is 4.99 Å². The number of aliphatic imine (C=N–C) groups is 1. The summed E-state index contributed by atoms with van der Waals surface area (Å²) < 4.78 is 5.32. The third-order valence-electron chi connectivity index (χ3n) is 3.46. The van der Waals surface area contributed by atoms with Crippen molar-refractivity contribution in [2.75, 3.05) is 0 Å². The second-order valence-electron chi connectivity index (χ2n) is 5.47. The molecule has 0 aliphatic rings. The van der Waals surface area contributed by atoms with E-state index in [1.807, 2.05) is 0 Å². The number of hydrogen-bond acceptors (Lipinski definition) is 5. The Hall–Kier alpha value is -3.51. The minimum atomic E-state index is -1.03. The van der Waals surface area contributed by atoms with E-state index in [0.29, 0.717) is 21.8 Å². The second kappa shape index (κ2) is 8.25. The Morgan fingerprint density at radius 1 is 1.07 bits per heavy atom. The van der Waals surface area contributed by atoms with Crippen molar-refractivity contribution in [2.45, 2.75) is 0 Å². The van der Waals surface area contributed by atoms with Gasteiger partial charge < -0.3 is 9.84 Å². The molecular weight excluding hydrogens is 368 g/mol. The van der Waals surface area contributed by atoms with Crippen LogP contribution in [0.4, 0.5) is 5.69 Å². The van der Waals surface area contributed by atoms with Crippen LogP contribution in [-0.4, -0.2) is 28.2 Å². The van der Waals surface area contributed by atoms with Crippen LogP contribution in [0.3, 0.4) is 0 Å². The molecule has 0 unspecified atom stereocenters. The van der Waals surface area contributed by atoms with Gasteiger partial charge in [0.2, 0.25) is 0 Å². The van der Waals surface area contributed by atoms with Crippen molar-refractivity contribution in [3.63, 3.8) is 0 Å². The third kappa shape index (κ3) is 4.99. The molecule has 1 aromatic heterocycles. The van der Waals surface area contributed by atoms with Gasteiger partial charge in [-0.2, -0.15) is 0 Å². The number of carboxylic acid groups (broad SMARTS) is 1. The van der Waals surface area contributed by atoms with E-state index in [4.69, 9.17) is 21.4 Å². The number of carboxylic acids is 1. The fraction of sp³-hybridized carbons (Fsp3) is 0. The summed E-state index contributed by atoms with van der Waals surface area (Å²) in [6.07, 6.45) is 4.48. The Morgan fingerprint density at radius 2 is 1.89 bits per heavy atom. The van der Waals surface area contributed by atoms with Gasteiger partial charge in [-0.15, -0.1) is 0 Å². The predicted octanol–water partition coefficient (Wildman–Crippen LogP) is 4.40. The monoisotopic (exact) mass is 380 g/mol. The highest BCUT2D eigenvalue weighted by atomic mass is 35.5. The number of nitrogens with zero attached hydrogens (tertiary/aromatic N) is 2. The lowest BCUT2D eigenvalue weighted by Crippen LogP contribution is -2.08. The number of aromatic carboxylic acids is 1. The summed E-state index contributed by atoms with van der Waals surface area (Å²) in [6.45, 7) is 0. The van der Waals surface area contributed by atoms with Crippen molar-refractivity contribution in [1.82, 2.24) is 4.98 Å². The number of halogens is 1. The zero-order valence-electron chi connectivity index (χ0n) is 13.9. The van der Waals surface area contributed by atoms with Crippen LogP contribution in [0.25, 0.3) is 0 Å². The molecule has 27 heavy (non-hydrogen) atoms. The van der Waals surface area contributed by atoms with Gasteiger partial charge >= 0.3 is 11.9 Å². The second-order valence-corrected chi connectivity index (χ2v) is 5.90. The van der Waals surface area contributed by atoms with Gasteiger partial charge in [0.15, 0.2) is 0 Å². The zero-order chi connectivity index (χ0) is 19.2. The molecule has 0 atom stereocenters. The van der Waals surface area contributed by atoms with Crippen molar-refractivity contribution in [3.8, 4) is 5.75 Å². The largest absolute Gasteiger partial charge is 0.478 e. The maximum Gasteiger partial charge on any atom is 0.345 e. The number of esters is 1. The number of hydrogen-bond donors (Lipinski definition) is 1. The molecule has 0 bridgehead atoms. The van der Waals surface area contributed by atoms with Crippen LogP contribution in [0.1, 0.15) is 26.3 Å². The van der Waals surface area contributed by atoms with Gasteiger partial charge in [-0.05, 0) is 54.1 Å². The normalized spacial score (nSPS) is 10.7. The number of carbonyl (C=O) groups is 2. The molecule has 6 nitrogen and oxygen atoms in total. The van der Waals surface area contributed by atoms with E-state index in [1.165, 1.54) is 30.6 Å². The topological polar surface area (TPSA) is 88.9 Å². The lowest BCUT2D eigenvalue weighted by atomic mass is 10.2. The lowest BCUT2D eigenvalue weighted by molar-refractivity contribution is 0.0694. The smallest absolute Gasteiger partial charge is 0.345 e. The molecular formula is C20H13ClN2O4. The molecule has 0 fully saturated rings. The van der Waals surface area contributed by atoms with Crippen molar-refractivity contribution in [3.05, 3.63) is 88.7 Å². The van der Waals surface area contributed by atoms with Gasteiger partial charge in [-0.1, -0.05) is 17.7 Å². The Labute approximate surface area is 159 Å². The lowest BCUT2D eigenvalue weighted by Gasteiger charge is -2.06. The van der Waals surface area contributed by atoms with Crippen molar-refractivity contribution < 1.29 is 19.4 Å². The van der Waals surface area contributed by atoms with Crippen LogP contribution in [0.2, 0.25) is 5.02 Å². The van der Waals surface area contributed by atoms with E-state index in [9.17, 15) is 9.59 Å². The maximum absolute atomic E-state index is 12.1. The fourth-order valence-electron chi connectivity index (χ4n) is 2.24. The van der Waals surface area contributed by atoms with Gasteiger partial charge in [0, 0.05) is 23.6 Å². The zero-order valence-corrected chi connectivity index (χ0v) is 14.6. The molecule has 1 N–H and O–H groups in total. The highest BCUT2D eigenvalue weighted by Crippen LogP contribution is 2.22. The summed E-state index contributed by atoms with van der Waals surface area (Å²) in [6, 6.07) is 14.2. The molecule has 0 saturated heterocycles. The first-order valence-corrected chi connectivity index (χ1v) is 8.19. The minimum absolute atomic E-state index is 0.141. The Kier molecular flexibility index (Phi) is 5.58. The number of aromatic nitrogens is 1. The molecule has 3 aromatic rings. The van der Waals surface area contributed by atoms with Crippen molar-refractivity contribution >= 4 is 35.4 Å². The van der Waals surface area contributed by atoms with Gasteiger partial charge in [0.05, 0.1) is 16.8 Å². The molecule has 7 heteroatoms. The Morgan fingerprint density at radius 3 is 2.63 bits per heavy atom. The highest BCUT2D eigenvalue weighted by molar-refractivity contribution is 6.31. The average molecular weight is 381 g/mol. The van der Waals surface area contributed by atoms with Crippen LogP contribution >= 0.6 is 11.6 Å². The third-order valence-corrected chi connectivity index (χ3v) is 3.68. The number of carbonyl (C=O) groups excluding carboxylic acids is 1. The molecule has 0 aliphatic heterocycles. The molecule has 0 radical (unpaired) electrons. The standard InChI is InChI=1S/C20H13ClN2O4/c21-16-7-13(11-23-17-5-1-3-14(9-17)19(24)25)8-18(10-16)27-20(26)15-4-2-6-22-12-15/h1-12H,(H,24,25). The molecule has 1 heterocycles. The maximum atomic E-state index is 12.1. The van der Waals surface area contributed by atoms with Crippen LogP contribution in [-0.2, 0) is 0 Å². The minimum Gasteiger partial charge on any atom is -0.478 e. The van der Waals surface area contributed by atoms with Gasteiger partial charge in [0.1, 0.15) is 5.75 Å². The quantitative estimate of drug-likeness (QED) is 0.402. The molecule has 0 aliphatic carbocycles. The molecule has 3 rings (SSSR count). The first kappa shape index (κ1) is 18.3. The molecule has 0 spiro atoms. The van der Waals surface area contributed by atoms with Gasteiger partial charge in [-0.25, -0.2) is 9.59 Å². The number of benzene rings is 2. The summed E-state index contributed by atoms with van der Waals surface area (Å²) >= 11 is 6.08. The summed E-state index contributed by atoms with van der Waals surface area (Å²) in [5.74, 6) is -1.32. The van der Waals surface area contributed by atoms with Crippen LogP contribution < -0.4 is 4.74 Å². The summed E-state index contributed by atoms with van der Waals surface area (Å²) in [5.41, 5.74) is 1.53. The van der Waals surface area contributed by atoms with E-state index in [0.717, 1.165) is 0 Å². The fourth-order valence-corrected chi connectivity index (χ4v) is 2.47. The molecule has 2 aromatic carbocycles. The number of pyridine rings is 1. The van der Waals surface area contributed by atoms with Crippen LogP contribution in [0.15, 0.2) is 72.0 Å². The average Bonchev–Trinajstić information content (AvgIpc) is 2.67. The van der Waals surface area contributed by atoms with E-state index in [-0.39, 0.29) is 11.3 Å². The Balaban J connectivity index is 1.80. The first-order chi connectivity index (χ1) is 13.0. The van der Waals surface area contributed by atoms with E-state index in [1.54, 1.807) is 42.6 Å². The Bertz CT molecular complexity index is 1020. The molecule has 134 valence electrons. The molecule has 0 saturated carbocycles. The predicted molar refractivity (Wildman–Crippen MR) is 101 cm³/mol. The molecule has 0 amide bonds. The van der Waals surface area contributed by atoms with Crippen molar-refractivity contribution in [1.29, 1.82) is 0 Å². The van der Waals surface area contributed by atoms with Gasteiger partial charge in [0.25, 0.3) is 0 Å². The van der Waals surface area contributed by atoms with Crippen LogP contribution in [0.5, 0.6) is 5.75 Å². The summed E-state index contributed by atoms with van der Waals surface area (Å²) in [4.78, 5) is 31.3. The number of ether oxygens (including phenoxy) is 1.